The summed E-state index contributed by atoms with van der Waals surface area (Å²) >= 11 is 0.250. The number of hydrogen-bond donors (Lipinski definition) is 3. The zero-order valence-electron chi connectivity index (χ0n) is 39.4. The molecule has 3 fully saturated rings. The summed E-state index contributed by atoms with van der Waals surface area (Å²) in [6.07, 6.45) is 2.43. The number of nitrogens with one attached hydrogen (secondary N) is 1. The van der Waals surface area contributed by atoms with E-state index in [1.54, 1.807) is 30.5 Å². The molecule has 4 heterocycles. The van der Waals surface area contributed by atoms with Crippen molar-refractivity contribution in [3.05, 3.63) is 30.5 Å². The van der Waals surface area contributed by atoms with E-state index in [-0.39, 0.29) is 42.0 Å². The van der Waals surface area contributed by atoms with Crippen molar-refractivity contribution in [1.82, 2.24) is 30.1 Å². The number of benzene rings is 1. The molecule has 0 spiro atoms. The smallest absolute Gasteiger partial charge is 0.410 e. The maximum Gasteiger partial charge on any atom is 0.410 e. The standard InChI is InChI=1S/C44H71N7O9.CH3FS/c1-12-35-44(8)38(51(42(55)60-44)21-14-13-20-50-25-33(47-48-50)31-16-15-17-32(45)23-31)30(6)46-19-18-26(2)24-43(7,56-11)39(28(4)36(52)29(5)40(54)58-35)59-41-37(53)34(49(9)10)22-27(3)57-41;1-3-2/h15-17,23,25-30,34-35,37-39,41,46,53H,12-14,18-22,24,45H2,1-11H3;1H3/t26-,27+,28-,29+,30+,34?,35+,37?,38+,39+,41-,43+,44+;/m0./s1. The molecular weight excluding hydrogens is 834 g/mol. The number of cyclic esters (lactones) is 1. The van der Waals surface area contributed by atoms with Crippen molar-refractivity contribution in [3.8, 4) is 11.3 Å². The van der Waals surface area contributed by atoms with E-state index in [9.17, 15) is 23.4 Å². The second kappa shape index (κ2) is 23.2. The molecule has 2 unspecified atom stereocenters. The van der Waals surface area contributed by atoms with Gasteiger partial charge in [-0.1, -0.05) is 38.1 Å². The van der Waals surface area contributed by atoms with Gasteiger partial charge in [-0.15, -0.1) is 5.10 Å². The van der Waals surface area contributed by atoms with E-state index in [1.807, 2.05) is 84.1 Å². The van der Waals surface area contributed by atoms with Crippen molar-refractivity contribution in [2.24, 2.45) is 17.8 Å². The number of rotatable bonds is 11. The van der Waals surface area contributed by atoms with Crippen molar-refractivity contribution in [3.63, 3.8) is 0 Å². The lowest BCUT2D eigenvalue weighted by molar-refractivity contribution is -0.295. The number of Topliss-reactive ketones (excluding diaryl/α,β-unsaturated/α-hetero) is 1. The maximum absolute atomic E-state index is 14.4. The summed E-state index contributed by atoms with van der Waals surface area (Å²) in [7, 11) is 5.41. The number of likely N-dealkylation sites (N-methyl/N-ethyl adjacent to an activating group) is 1. The number of methoxy groups -OCH3 is 1. The molecule has 2 aromatic rings. The molecule has 1 amide bonds. The number of aryl methyl sites for hydroxylation is 1. The van der Waals surface area contributed by atoms with Crippen LogP contribution in [0.3, 0.4) is 0 Å². The molecule has 63 heavy (non-hydrogen) atoms. The Labute approximate surface area is 378 Å². The van der Waals surface area contributed by atoms with Crippen molar-refractivity contribution in [2.45, 2.75) is 160 Å². The molecule has 3 saturated heterocycles. The molecule has 3 aliphatic heterocycles. The lowest BCUT2D eigenvalue weighted by Crippen LogP contribution is -2.61. The summed E-state index contributed by atoms with van der Waals surface area (Å²) in [5.41, 5.74) is 6.00. The predicted octanol–water partition coefficient (Wildman–Crippen LogP) is 5.91. The van der Waals surface area contributed by atoms with Crippen molar-refractivity contribution in [1.29, 1.82) is 0 Å². The van der Waals surface area contributed by atoms with Crippen LogP contribution in [-0.4, -0.2) is 148 Å². The molecular formula is C45H74FN7O9S. The van der Waals surface area contributed by atoms with E-state index < -0.39 is 65.7 Å². The average Bonchev–Trinajstić information content (AvgIpc) is 3.81. The van der Waals surface area contributed by atoms with Crippen LogP contribution in [0.1, 0.15) is 93.9 Å². The van der Waals surface area contributed by atoms with Crippen LogP contribution in [0.4, 0.5) is 14.4 Å². The number of fused-ring (bicyclic) bond motifs is 1. The molecule has 4 N–H and O–H groups in total. The molecule has 0 aliphatic carbocycles. The number of esters is 1. The molecule has 0 radical (unpaired) electrons. The first-order chi connectivity index (χ1) is 29.7. The van der Waals surface area contributed by atoms with Crippen LogP contribution in [0.25, 0.3) is 11.3 Å². The third-order valence-corrected chi connectivity index (χ3v) is 13.1. The van der Waals surface area contributed by atoms with Crippen molar-refractivity contribution >= 4 is 35.7 Å². The van der Waals surface area contributed by atoms with Gasteiger partial charge in [-0.25, -0.2) is 4.79 Å². The van der Waals surface area contributed by atoms with Gasteiger partial charge in [0.2, 0.25) is 0 Å². The van der Waals surface area contributed by atoms with E-state index in [1.165, 1.54) is 6.26 Å². The van der Waals surface area contributed by atoms with Crippen LogP contribution in [0.5, 0.6) is 0 Å². The number of amides is 1. The van der Waals surface area contributed by atoms with Crippen LogP contribution in [-0.2, 0) is 39.8 Å². The first-order valence-electron chi connectivity index (χ1n) is 22.3. The Kier molecular flexibility index (Phi) is 19.2. The van der Waals surface area contributed by atoms with E-state index in [0.29, 0.717) is 51.0 Å². The first-order valence-corrected chi connectivity index (χ1v) is 23.5. The molecule has 0 bridgehead atoms. The molecule has 356 valence electrons. The zero-order chi connectivity index (χ0) is 46.8. The second-order valence-electron chi connectivity index (χ2n) is 18.3. The monoisotopic (exact) mass is 908 g/mol. The predicted molar refractivity (Wildman–Crippen MR) is 241 cm³/mol. The average molecular weight is 908 g/mol. The fraction of sp³-hybridized carbons (Fsp3) is 0.756. The quantitative estimate of drug-likeness (QED) is 0.104. The highest BCUT2D eigenvalue weighted by Gasteiger charge is 2.58. The Balaban J connectivity index is 0.00000282. The van der Waals surface area contributed by atoms with Gasteiger partial charge < -0.3 is 44.7 Å². The molecule has 13 atom stereocenters. The Morgan fingerprint density at radius 1 is 1.11 bits per heavy atom. The summed E-state index contributed by atoms with van der Waals surface area (Å²) < 4.78 is 43.5. The van der Waals surface area contributed by atoms with Crippen molar-refractivity contribution in [2.75, 3.05) is 46.3 Å². The number of carbonyl (C=O) groups is 3. The van der Waals surface area contributed by atoms with Gasteiger partial charge >= 0.3 is 12.1 Å². The number of nitrogens with zero attached hydrogens (tertiary/aromatic N) is 5. The lowest BCUT2D eigenvalue weighted by Gasteiger charge is -2.47. The highest BCUT2D eigenvalue weighted by atomic mass is 32.2. The third kappa shape index (κ3) is 12.7. The zero-order valence-corrected chi connectivity index (χ0v) is 40.2. The van der Waals surface area contributed by atoms with Crippen LogP contribution >= 0.6 is 12.1 Å². The molecule has 1 aromatic carbocycles. The Hall–Kier alpha value is -3.39. The van der Waals surface area contributed by atoms with Gasteiger partial charge in [0, 0.05) is 67.9 Å². The van der Waals surface area contributed by atoms with Gasteiger partial charge in [0.25, 0.3) is 0 Å². The number of aromatic nitrogens is 3. The van der Waals surface area contributed by atoms with Crippen LogP contribution in [0.2, 0.25) is 0 Å². The number of unbranched alkanes of at least 4 members (excludes halogenated alkanes) is 1. The number of hydrogen-bond acceptors (Lipinski definition) is 15. The molecule has 3 aliphatic rings. The minimum atomic E-state index is -1.22. The summed E-state index contributed by atoms with van der Waals surface area (Å²) in [5, 5.41) is 23.7. The highest BCUT2D eigenvalue weighted by Crippen LogP contribution is 2.40. The molecule has 16 nitrogen and oxygen atoms in total. The van der Waals surface area contributed by atoms with E-state index in [4.69, 9.17) is 29.4 Å². The van der Waals surface area contributed by atoms with Gasteiger partial charge in [0.15, 0.2) is 17.7 Å². The number of carbonyl (C=O) groups excluding carboxylic acids is 3. The van der Waals surface area contributed by atoms with Gasteiger partial charge in [0.05, 0.1) is 30.0 Å². The lowest BCUT2D eigenvalue weighted by atomic mass is 9.78. The SMILES string of the molecule is CC[C@H]1OC(=O)[C@H](C)C(=O)[C@H](C)[C@@H](O[C@@H]2O[C@H](C)CC(N(C)C)C2O)[C@](C)(OC)C[C@@H](C)CCN[C@H](C)[C@H]2N(CCCCn3cc(-c4cccc(N)c4)nn3)C(=O)O[C@]12C.CSF. The minimum absolute atomic E-state index is 0.0906. The van der Waals surface area contributed by atoms with Crippen LogP contribution in [0.15, 0.2) is 30.5 Å². The highest BCUT2D eigenvalue weighted by molar-refractivity contribution is 7.93. The van der Waals surface area contributed by atoms with Gasteiger partial charge in [0.1, 0.15) is 23.8 Å². The van der Waals surface area contributed by atoms with Crippen LogP contribution in [0, 0.1) is 17.8 Å². The number of anilines is 1. The number of nitrogen functional groups attached to an aromatic ring is 1. The summed E-state index contributed by atoms with van der Waals surface area (Å²) in [4.78, 5) is 46.0. The Morgan fingerprint density at radius 2 is 1.79 bits per heavy atom. The molecule has 0 saturated carbocycles. The normalized spacial score (nSPS) is 34.8. The molecule has 1 aromatic heterocycles. The third-order valence-electron chi connectivity index (χ3n) is 13.1. The molecule has 18 heteroatoms. The fourth-order valence-corrected chi connectivity index (χ4v) is 9.65. The first kappa shape index (κ1) is 52.2. The van der Waals surface area contributed by atoms with Crippen LogP contribution < -0.4 is 11.1 Å². The van der Waals surface area contributed by atoms with Gasteiger partial charge in [-0.3, -0.25) is 19.2 Å². The van der Waals surface area contributed by atoms with E-state index in [2.05, 4.69) is 22.6 Å². The maximum atomic E-state index is 14.4. The molecule has 5 rings (SSSR count). The summed E-state index contributed by atoms with van der Waals surface area (Å²) in [5.74, 6) is -3.05. The van der Waals surface area contributed by atoms with Crippen molar-refractivity contribution < 1.29 is 47.1 Å². The fourth-order valence-electron chi connectivity index (χ4n) is 9.65. The number of aliphatic hydroxyl groups is 1. The van der Waals surface area contributed by atoms with Gasteiger partial charge in [-0.2, -0.15) is 3.89 Å². The largest absolute Gasteiger partial charge is 0.458 e. The summed E-state index contributed by atoms with van der Waals surface area (Å²) in [6, 6.07) is 6.53. The van der Waals surface area contributed by atoms with E-state index in [0.717, 1.165) is 24.1 Å². The Morgan fingerprint density at radius 3 is 2.43 bits per heavy atom. The summed E-state index contributed by atoms with van der Waals surface area (Å²) in [6.45, 7) is 16.6. The van der Waals surface area contributed by atoms with E-state index >= 15 is 0 Å². The topological polar surface area (TPSA) is 193 Å². The Bertz CT molecular complexity index is 1790. The number of ether oxygens (including phenoxy) is 5. The number of nitrogens with two attached hydrogens (primary N) is 1. The minimum Gasteiger partial charge on any atom is -0.458 e. The number of halogens is 1. The number of aliphatic hydroxyl groups excluding tert-OH is 1. The second-order valence-corrected chi connectivity index (χ2v) is 18.6. The number of ketones is 1. The van der Waals surface area contributed by atoms with Gasteiger partial charge in [-0.05, 0) is 112 Å².